The molecule has 146 valence electrons. The first-order valence-electron chi connectivity index (χ1n) is 10.0. The number of amides is 2. The molecule has 2 amide bonds. The third-order valence-electron chi connectivity index (χ3n) is 6.79. The van der Waals surface area contributed by atoms with E-state index in [9.17, 15) is 19.2 Å². The van der Waals surface area contributed by atoms with Crippen molar-refractivity contribution < 1.29 is 14.0 Å². The Morgan fingerprint density at radius 2 is 2.18 bits per heavy atom. The summed E-state index contributed by atoms with van der Waals surface area (Å²) in [6.45, 7) is 3.11. The van der Waals surface area contributed by atoms with Crippen LogP contribution in [0.3, 0.4) is 0 Å². The molecule has 5 rings (SSSR count). The highest BCUT2D eigenvalue weighted by atomic mass is 19.1. The average molecular weight is 382 g/mol. The van der Waals surface area contributed by atoms with Gasteiger partial charge < -0.3 is 9.80 Å². The first kappa shape index (κ1) is 17.6. The van der Waals surface area contributed by atoms with Gasteiger partial charge in [0.1, 0.15) is 11.9 Å². The maximum Gasteiger partial charge on any atom is 0.244 e. The lowest BCUT2D eigenvalue weighted by molar-refractivity contribution is -0.137. The molecule has 1 unspecified atom stereocenters. The van der Waals surface area contributed by atoms with E-state index in [4.69, 9.17) is 0 Å². The Hall–Kier alpha value is -2.46. The number of hydrogen-bond donors (Lipinski definition) is 0. The van der Waals surface area contributed by atoms with Gasteiger partial charge in [0.05, 0.1) is 18.2 Å². The monoisotopic (exact) mass is 382 g/mol. The molecule has 3 aliphatic heterocycles. The number of hydrogen-bond acceptors (Lipinski definition) is 4. The third kappa shape index (κ3) is 2.62. The van der Waals surface area contributed by atoms with Crippen molar-refractivity contribution in [3.05, 3.63) is 30.1 Å². The van der Waals surface area contributed by atoms with E-state index in [0.29, 0.717) is 31.1 Å². The fraction of sp³-hybridized carbons (Fsp3) is 0.571. The predicted octanol–water partition coefficient (Wildman–Crippen LogP) is 1.76. The fourth-order valence-electron chi connectivity index (χ4n) is 5.40. The molecule has 1 saturated carbocycles. The molecule has 28 heavy (non-hydrogen) atoms. The number of likely N-dealkylation sites (tertiary alicyclic amines) is 2. The molecule has 3 heterocycles. The quantitative estimate of drug-likeness (QED) is 0.796. The molecule has 6 nitrogen and oxygen atoms in total. The zero-order chi connectivity index (χ0) is 19.6. The van der Waals surface area contributed by atoms with Crippen LogP contribution >= 0.6 is 0 Å². The Morgan fingerprint density at radius 1 is 1.36 bits per heavy atom. The normalized spacial score (nSPS) is 34.5. The summed E-state index contributed by atoms with van der Waals surface area (Å²) in [5.41, 5.74) is 0.606. The molecule has 4 fully saturated rings. The zero-order valence-corrected chi connectivity index (χ0v) is 15.8. The summed E-state index contributed by atoms with van der Waals surface area (Å²) in [6.07, 6.45) is 2.53. The van der Waals surface area contributed by atoms with Gasteiger partial charge >= 0.3 is 0 Å². The van der Waals surface area contributed by atoms with Crippen LogP contribution in [0.15, 0.2) is 24.3 Å². The smallest absolute Gasteiger partial charge is 0.244 e. The number of halogens is 1. The number of anilines is 1. The highest BCUT2D eigenvalue weighted by Gasteiger charge is 2.55. The first-order chi connectivity index (χ1) is 13.5. The minimum absolute atomic E-state index is 0.0140. The number of nitriles is 1. The van der Waals surface area contributed by atoms with Crippen LogP contribution in [0.4, 0.5) is 10.1 Å². The Balaban J connectivity index is 1.25. The van der Waals surface area contributed by atoms with Crippen molar-refractivity contribution >= 4 is 17.5 Å². The van der Waals surface area contributed by atoms with Crippen molar-refractivity contribution in [3.8, 4) is 6.07 Å². The summed E-state index contributed by atoms with van der Waals surface area (Å²) in [7, 11) is 0. The van der Waals surface area contributed by atoms with Crippen molar-refractivity contribution in [3.63, 3.8) is 0 Å². The Bertz CT molecular complexity index is 883. The molecule has 4 aliphatic rings. The number of fused-ring (bicyclic) bond motifs is 3. The molecule has 1 aliphatic carbocycles. The number of nitrogens with zero attached hydrogens (tertiary/aromatic N) is 4. The molecule has 0 spiro atoms. The average Bonchev–Trinajstić information content (AvgIpc) is 3.01. The maximum absolute atomic E-state index is 13.6. The number of carbonyl (C=O) groups is 2. The summed E-state index contributed by atoms with van der Waals surface area (Å²) in [5.74, 6) is -0.0660. The molecule has 3 saturated heterocycles. The molecular formula is C21H23FN4O2. The van der Waals surface area contributed by atoms with Crippen molar-refractivity contribution in [2.75, 3.05) is 18.0 Å². The van der Waals surface area contributed by atoms with E-state index in [1.54, 1.807) is 21.9 Å². The molecule has 0 N–H and O–H groups in total. The van der Waals surface area contributed by atoms with Gasteiger partial charge in [-0.05, 0) is 43.4 Å². The Labute approximate surface area is 163 Å². The molecule has 1 aromatic carbocycles. The topological polar surface area (TPSA) is 67.7 Å². The second-order valence-electron chi connectivity index (χ2n) is 8.64. The molecule has 1 aromatic rings. The van der Waals surface area contributed by atoms with Gasteiger partial charge in [0.2, 0.25) is 11.8 Å². The molecule has 0 radical (unpaired) electrons. The van der Waals surface area contributed by atoms with E-state index in [0.717, 1.165) is 12.8 Å². The minimum atomic E-state index is -0.347. The maximum atomic E-state index is 13.6. The number of piperazine rings is 1. The molecule has 6 atom stereocenters. The number of piperidine rings is 1. The molecule has 7 heteroatoms. The van der Waals surface area contributed by atoms with Crippen LogP contribution in [0.5, 0.6) is 0 Å². The summed E-state index contributed by atoms with van der Waals surface area (Å²) < 4.78 is 13.6. The van der Waals surface area contributed by atoms with Gasteiger partial charge in [0, 0.05) is 30.7 Å². The van der Waals surface area contributed by atoms with E-state index in [1.807, 2.05) is 6.92 Å². The second-order valence-corrected chi connectivity index (χ2v) is 8.64. The summed E-state index contributed by atoms with van der Waals surface area (Å²) in [6, 6.07) is 8.15. The van der Waals surface area contributed by atoms with Gasteiger partial charge in [0.15, 0.2) is 0 Å². The third-order valence-corrected chi connectivity index (χ3v) is 6.79. The van der Waals surface area contributed by atoms with E-state index >= 15 is 0 Å². The van der Waals surface area contributed by atoms with E-state index < -0.39 is 0 Å². The van der Waals surface area contributed by atoms with Crippen molar-refractivity contribution in [2.24, 2.45) is 11.8 Å². The van der Waals surface area contributed by atoms with Gasteiger partial charge in [0.25, 0.3) is 0 Å². The standard InChI is InChI=1S/C21H23FN4O2/c1-12(20(27)26-16(9-23)5-13-6-18(13)26)10-24-11-17-8-19(24)21(28)25(17)15-4-2-3-14(22)7-15/h2-4,7,12-13,16-19H,5-6,8,10-11H2,1H3/t12-,13+,16-,17-,18?,19-/m0/s1. The molecular weight excluding hydrogens is 359 g/mol. The number of carbonyl (C=O) groups excluding carboxylic acids is 2. The Kier molecular flexibility index (Phi) is 3.95. The largest absolute Gasteiger partial charge is 0.323 e. The molecule has 0 aromatic heterocycles. The van der Waals surface area contributed by atoms with E-state index in [-0.39, 0.29) is 47.7 Å². The number of benzene rings is 1. The Morgan fingerprint density at radius 3 is 2.89 bits per heavy atom. The van der Waals surface area contributed by atoms with Gasteiger partial charge in [-0.1, -0.05) is 13.0 Å². The lowest BCUT2D eigenvalue weighted by Gasteiger charge is -2.35. The van der Waals surface area contributed by atoms with Crippen molar-refractivity contribution in [1.29, 1.82) is 5.26 Å². The first-order valence-corrected chi connectivity index (χ1v) is 10.0. The lowest BCUT2D eigenvalue weighted by atomic mass is 10.1. The lowest BCUT2D eigenvalue weighted by Crippen LogP contribution is -2.53. The zero-order valence-electron chi connectivity index (χ0n) is 15.8. The summed E-state index contributed by atoms with van der Waals surface area (Å²) in [5, 5.41) is 9.34. The summed E-state index contributed by atoms with van der Waals surface area (Å²) >= 11 is 0. The van der Waals surface area contributed by atoms with Crippen LogP contribution in [0.25, 0.3) is 0 Å². The van der Waals surface area contributed by atoms with Gasteiger partial charge in [-0.2, -0.15) is 5.26 Å². The minimum Gasteiger partial charge on any atom is -0.323 e. The fourth-order valence-corrected chi connectivity index (χ4v) is 5.40. The van der Waals surface area contributed by atoms with E-state index in [2.05, 4.69) is 11.0 Å². The highest BCUT2D eigenvalue weighted by Crippen LogP contribution is 2.48. The number of rotatable bonds is 4. The van der Waals surface area contributed by atoms with Crippen LogP contribution in [0.2, 0.25) is 0 Å². The van der Waals surface area contributed by atoms with Gasteiger partial charge in [-0.15, -0.1) is 0 Å². The summed E-state index contributed by atoms with van der Waals surface area (Å²) in [4.78, 5) is 31.4. The highest BCUT2D eigenvalue weighted by molar-refractivity contribution is 6.01. The predicted molar refractivity (Wildman–Crippen MR) is 99.6 cm³/mol. The van der Waals surface area contributed by atoms with Crippen molar-refractivity contribution in [1.82, 2.24) is 9.80 Å². The van der Waals surface area contributed by atoms with Crippen LogP contribution in [0.1, 0.15) is 26.2 Å². The SMILES string of the molecule is C[C@@H](CN1C[C@@H]2C[C@H]1C(=O)N2c1cccc(F)c1)C(=O)N1C2C[C@H]2C[C@H]1C#N. The van der Waals surface area contributed by atoms with Crippen molar-refractivity contribution in [2.45, 2.75) is 50.4 Å². The van der Waals surface area contributed by atoms with Gasteiger partial charge in [-0.25, -0.2) is 4.39 Å². The van der Waals surface area contributed by atoms with Crippen LogP contribution in [-0.4, -0.2) is 58.9 Å². The second kappa shape index (κ2) is 6.28. The molecule has 2 bridgehead atoms. The van der Waals surface area contributed by atoms with Gasteiger partial charge in [-0.3, -0.25) is 14.5 Å². The van der Waals surface area contributed by atoms with Crippen LogP contribution < -0.4 is 4.90 Å². The van der Waals surface area contributed by atoms with E-state index in [1.165, 1.54) is 12.1 Å². The van der Waals surface area contributed by atoms with Crippen LogP contribution in [0, 0.1) is 29.0 Å². The van der Waals surface area contributed by atoms with Crippen LogP contribution in [-0.2, 0) is 9.59 Å².